The van der Waals surface area contributed by atoms with E-state index in [1.54, 1.807) is 0 Å². The lowest BCUT2D eigenvalue weighted by molar-refractivity contribution is -0.135. The molecule has 4 atom stereocenters. The normalized spacial score (nSPS) is 28.3. The predicted octanol–water partition coefficient (Wildman–Crippen LogP) is 3.73. The molecule has 1 saturated heterocycles. The smallest absolute Gasteiger partial charge is 0.408 e. The zero-order chi connectivity index (χ0) is 25.7. The molecule has 2 aromatic carbocycles. The van der Waals surface area contributed by atoms with Crippen LogP contribution >= 0.6 is 0 Å². The van der Waals surface area contributed by atoms with Gasteiger partial charge in [-0.3, -0.25) is 9.59 Å². The Balaban J connectivity index is 1.40. The molecule has 1 spiro atoms. The summed E-state index contributed by atoms with van der Waals surface area (Å²) in [6, 6.07) is 18.2. The molecule has 5 rings (SSSR count). The van der Waals surface area contributed by atoms with E-state index in [1.165, 1.54) is 4.90 Å². The molecule has 0 radical (unpaired) electrons. The van der Waals surface area contributed by atoms with E-state index in [9.17, 15) is 19.6 Å². The summed E-state index contributed by atoms with van der Waals surface area (Å²) in [5.41, 5.74) is -0.0650. The van der Waals surface area contributed by atoms with Gasteiger partial charge >= 0.3 is 6.09 Å². The molecule has 8 heteroatoms. The van der Waals surface area contributed by atoms with E-state index in [0.717, 1.165) is 11.1 Å². The molecule has 0 bridgehead atoms. The minimum Gasteiger partial charge on any atom is -0.445 e. The quantitative estimate of drug-likeness (QED) is 0.684. The van der Waals surface area contributed by atoms with Crippen LogP contribution in [-0.2, 0) is 26.3 Å². The highest BCUT2D eigenvalue weighted by Gasteiger charge is 2.68. The molecule has 2 aliphatic heterocycles. The second-order valence-electron chi connectivity index (χ2n) is 11.1. The van der Waals surface area contributed by atoms with Crippen molar-refractivity contribution in [1.29, 1.82) is 5.26 Å². The van der Waals surface area contributed by atoms with Gasteiger partial charge in [0.25, 0.3) is 0 Å². The van der Waals surface area contributed by atoms with Gasteiger partial charge in [0.2, 0.25) is 11.8 Å². The van der Waals surface area contributed by atoms with Crippen LogP contribution in [0.2, 0.25) is 0 Å². The fourth-order valence-electron chi connectivity index (χ4n) is 5.90. The third kappa shape index (κ3) is 3.79. The molecule has 1 saturated carbocycles. The van der Waals surface area contributed by atoms with Crippen LogP contribution in [0.5, 0.6) is 0 Å². The van der Waals surface area contributed by atoms with Gasteiger partial charge in [0, 0.05) is 18.7 Å². The Kier molecular flexibility index (Phi) is 5.55. The fraction of sp³-hybridized carbons (Fsp3) is 0.429. The number of likely N-dealkylation sites (tertiary alicyclic amines) is 1. The largest absolute Gasteiger partial charge is 0.445 e. The third-order valence-electron chi connectivity index (χ3n) is 7.82. The summed E-state index contributed by atoms with van der Waals surface area (Å²) in [7, 11) is 0. The number of benzene rings is 2. The molecule has 2 fully saturated rings. The fourth-order valence-corrected chi connectivity index (χ4v) is 5.90. The van der Waals surface area contributed by atoms with Crippen molar-refractivity contribution in [1.82, 2.24) is 10.2 Å². The highest BCUT2D eigenvalue weighted by Crippen LogP contribution is 2.56. The summed E-state index contributed by atoms with van der Waals surface area (Å²) in [5.74, 6) is -0.672. The SMILES string of the molecule is CC(C)(C)C1C[C@@]1(NC(=O)OCc1ccccc1)C(=O)N1C[C@]2(C[C@H]1C#N)C(=O)Nc1ccccc12. The van der Waals surface area contributed by atoms with E-state index in [2.05, 4.69) is 16.7 Å². The number of anilines is 1. The Bertz CT molecular complexity index is 1260. The first-order chi connectivity index (χ1) is 17.1. The second kappa shape index (κ2) is 8.37. The van der Waals surface area contributed by atoms with Gasteiger partial charge in [-0.2, -0.15) is 5.26 Å². The average molecular weight is 487 g/mol. The number of fused-ring (bicyclic) bond motifs is 2. The Morgan fingerprint density at radius 2 is 1.83 bits per heavy atom. The minimum atomic E-state index is -1.18. The van der Waals surface area contributed by atoms with Gasteiger partial charge in [0.15, 0.2) is 0 Å². The average Bonchev–Trinajstić information content (AvgIpc) is 3.37. The van der Waals surface area contributed by atoms with E-state index in [0.29, 0.717) is 12.1 Å². The number of hydrogen-bond acceptors (Lipinski definition) is 5. The van der Waals surface area contributed by atoms with Crippen molar-refractivity contribution in [2.45, 2.75) is 57.2 Å². The van der Waals surface area contributed by atoms with Crippen LogP contribution < -0.4 is 10.6 Å². The first kappa shape index (κ1) is 23.9. The Hall–Kier alpha value is -3.86. The number of ether oxygens (including phenoxy) is 1. The number of carbonyl (C=O) groups excluding carboxylic acids is 3. The summed E-state index contributed by atoms with van der Waals surface area (Å²) in [6.45, 7) is 6.25. The molecule has 3 aliphatic rings. The van der Waals surface area contributed by atoms with Gasteiger partial charge in [0.05, 0.1) is 11.5 Å². The molecule has 8 nitrogen and oxygen atoms in total. The van der Waals surface area contributed by atoms with Crippen molar-refractivity contribution in [3.05, 3.63) is 65.7 Å². The van der Waals surface area contributed by atoms with E-state index >= 15 is 0 Å². The van der Waals surface area contributed by atoms with Crippen LogP contribution in [0.15, 0.2) is 54.6 Å². The monoisotopic (exact) mass is 486 g/mol. The molecule has 1 unspecified atom stereocenters. The van der Waals surface area contributed by atoms with E-state index < -0.39 is 23.1 Å². The molecule has 186 valence electrons. The highest BCUT2D eigenvalue weighted by molar-refractivity contribution is 6.07. The summed E-state index contributed by atoms with van der Waals surface area (Å²) in [6.07, 6.45) is -0.0159. The van der Waals surface area contributed by atoms with Crippen molar-refractivity contribution in [3.63, 3.8) is 0 Å². The summed E-state index contributed by atoms with van der Waals surface area (Å²) < 4.78 is 5.44. The Morgan fingerprint density at radius 1 is 1.14 bits per heavy atom. The maximum atomic E-state index is 14.1. The molecule has 1 aliphatic carbocycles. The molecule has 2 aromatic rings. The number of nitriles is 1. The number of hydrogen-bond donors (Lipinski definition) is 2. The van der Waals surface area contributed by atoms with Gasteiger partial charge < -0.3 is 20.3 Å². The number of amides is 3. The van der Waals surface area contributed by atoms with Crippen LogP contribution in [0, 0.1) is 22.7 Å². The Labute approximate surface area is 210 Å². The van der Waals surface area contributed by atoms with Crippen molar-refractivity contribution in [3.8, 4) is 6.07 Å². The Morgan fingerprint density at radius 3 is 2.50 bits per heavy atom. The molecule has 3 amide bonds. The first-order valence-electron chi connectivity index (χ1n) is 12.2. The number of rotatable bonds is 4. The number of nitrogens with one attached hydrogen (secondary N) is 2. The first-order valence-corrected chi connectivity index (χ1v) is 12.2. The molecule has 0 aromatic heterocycles. The van der Waals surface area contributed by atoms with Crippen LogP contribution in [-0.4, -0.2) is 40.9 Å². The lowest BCUT2D eigenvalue weighted by Crippen LogP contribution is -2.55. The number of nitrogens with zero attached hydrogens (tertiary/aromatic N) is 2. The van der Waals surface area contributed by atoms with Crippen LogP contribution in [0.25, 0.3) is 0 Å². The molecule has 36 heavy (non-hydrogen) atoms. The summed E-state index contributed by atoms with van der Waals surface area (Å²) >= 11 is 0. The van der Waals surface area contributed by atoms with E-state index in [1.807, 2.05) is 75.4 Å². The summed E-state index contributed by atoms with van der Waals surface area (Å²) in [5, 5.41) is 15.8. The predicted molar refractivity (Wildman–Crippen MR) is 133 cm³/mol. The van der Waals surface area contributed by atoms with Crippen molar-refractivity contribution in [2.24, 2.45) is 11.3 Å². The van der Waals surface area contributed by atoms with Crippen LogP contribution in [0.4, 0.5) is 10.5 Å². The maximum Gasteiger partial charge on any atom is 0.408 e. The molecule has 2 heterocycles. The van der Waals surface area contributed by atoms with Crippen LogP contribution in [0.3, 0.4) is 0 Å². The lowest BCUT2D eigenvalue weighted by Gasteiger charge is -2.30. The topological polar surface area (TPSA) is 112 Å². The zero-order valence-corrected chi connectivity index (χ0v) is 20.7. The van der Waals surface area contributed by atoms with Crippen molar-refractivity contribution in [2.75, 3.05) is 11.9 Å². The van der Waals surface area contributed by atoms with Crippen molar-refractivity contribution < 1.29 is 19.1 Å². The lowest BCUT2D eigenvalue weighted by atomic mass is 9.80. The van der Waals surface area contributed by atoms with E-state index in [-0.39, 0.29) is 42.7 Å². The summed E-state index contributed by atoms with van der Waals surface area (Å²) in [4.78, 5) is 41.6. The molecule has 2 N–H and O–H groups in total. The van der Waals surface area contributed by atoms with Gasteiger partial charge in [0.1, 0.15) is 18.2 Å². The van der Waals surface area contributed by atoms with Crippen molar-refractivity contribution >= 4 is 23.6 Å². The molecular weight excluding hydrogens is 456 g/mol. The van der Waals surface area contributed by atoms with Gasteiger partial charge in [-0.15, -0.1) is 0 Å². The maximum absolute atomic E-state index is 14.1. The number of para-hydroxylation sites is 1. The van der Waals surface area contributed by atoms with Gasteiger partial charge in [-0.05, 0) is 34.9 Å². The minimum absolute atomic E-state index is 0.0850. The number of alkyl carbamates (subject to hydrolysis) is 1. The highest BCUT2D eigenvalue weighted by atomic mass is 16.5. The second-order valence-corrected chi connectivity index (χ2v) is 11.1. The van der Waals surface area contributed by atoms with Crippen LogP contribution in [0.1, 0.15) is 44.7 Å². The zero-order valence-electron chi connectivity index (χ0n) is 20.7. The van der Waals surface area contributed by atoms with Gasteiger partial charge in [-0.1, -0.05) is 69.3 Å². The standard InChI is InChI=1S/C28H30N4O4/c1-26(2,3)22-14-28(22,31-25(35)36-16-18-9-5-4-6-10-18)24(34)32-17-27(13-19(32)15-29)20-11-7-8-12-21(20)30-23(27)33/h4-12,19,22H,13-14,16-17H2,1-3H3,(H,30,33)(H,31,35)/t19-,22?,27-,28-/m0/s1. The molecular formula is C28H30N4O4. The van der Waals surface area contributed by atoms with Gasteiger partial charge in [-0.25, -0.2) is 4.79 Å². The number of carbonyl (C=O) groups is 3. The van der Waals surface area contributed by atoms with E-state index in [4.69, 9.17) is 4.74 Å². The third-order valence-corrected chi connectivity index (χ3v) is 7.82.